The van der Waals surface area contributed by atoms with Crippen molar-refractivity contribution in [3.8, 4) is 0 Å². The van der Waals surface area contributed by atoms with Crippen molar-refractivity contribution < 1.29 is 31.4 Å². The van der Waals surface area contributed by atoms with Gasteiger partial charge in [0.2, 0.25) is 0 Å². The van der Waals surface area contributed by atoms with Gasteiger partial charge in [-0.25, -0.2) is 0 Å². The minimum absolute atomic E-state index is 0.0946. The van der Waals surface area contributed by atoms with Crippen molar-refractivity contribution in [1.82, 2.24) is 0 Å². The van der Waals surface area contributed by atoms with Crippen molar-refractivity contribution in [3.05, 3.63) is 146 Å². The second kappa shape index (κ2) is 39.9. The summed E-state index contributed by atoms with van der Waals surface area (Å²) in [6.45, 7) is 8.16. The fourth-order valence-corrected chi connectivity index (χ4v) is 3.32. The molecule has 4 heteroatoms. The maximum atomic E-state index is 9.83. The molecule has 0 saturated heterocycles. The third-order valence-corrected chi connectivity index (χ3v) is 5.93. The number of hydrogen-bond donors (Lipinski definition) is 4. The van der Waals surface area contributed by atoms with Gasteiger partial charge >= 0.3 is 0 Å². The van der Waals surface area contributed by atoms with Crippen molar-refractivity contribution >= 4 is 0 Å². The fraction of sp³-hybridized carbons (Fsp3) is 0.455. The molecule has 0 unspecified atom stereocenters. The Morgan fingerprint density at radius 2 is 0.688 bits per heavy atom. The zero-order chi connectivity index (χ0) is 42.7. The molecular weight excluding hydrogens is 592 g/mol. The van der Waals surface area contributed by atoms with E-state index < -0.39 is 24.4 Å². The van der Waals surface area contributed by atoms with E-state index >= 15 is 0 Å². The zero-order valence-corrected chi connectivity index (χ0v) is 29.8. The van der Waals surface area contributed by atoms with Crippen LogP contribution in [0.1, 0.15) is 116 Å². The van der Waals surface area contributed by atoms with Gasteiger partial charge in [-0.05, 0) is 64.2 Å². The summed E-state index contributed by atoms with van der Waals surface area (Å²) in [6, 6.07) is -0.774. The Kier molecular flexibility index (Phi) is 27.6. The Balaban J connectivity index is 0. The van der Waals surface area contributed by atoms with Crippen LogP contribution in [0, 0.1) is 0 Å². The quantitative estimate of drug-likeness (QED) is 0.0546. The predicted octanol–water partition coefficient (Wildman–Crippen LogP) is 10.9. The molecule has 0 aliphatic heterocycles. The van der Waals surface area contributed by atoms with E-state index in [-0.39, 0.29) is 61.3 Å². The zero-order valence-electron chi connectivity index (χ0n) is 37.8. The third-order valence-electron chi connectivity index (χ3n) is 5.93. The summed E-state index contributed by atoms with van der Waals surface area (Å²) in [5, 5.41) is 39.2. The molecule has 0 rings (SSSR count). The molecule has 4 N–H and O–H groups in total. The average molecular weight is 669 g/mol. The Hall–Kier alpha value is -3.28. The van der Waals surface area contributed by atoms with E-state index in [4.69, 9.17) is 11.0 Å². The molecule has 0 aromatic rings. The molecule has 0 radical (unpaired) electrons. The normalized spacial score (nSPS) is 20.0. The van der Waals surface area contributed by atoms with Crippen LogP contribution in [-0.4, -0.2) is 44.8 Å². The highest BCUT2D eigenvalue weighted by Gasteiger charge is 1.95. The Labute approximate surface area is 306 Å². The SMILES string of the molecule is [2H]C(/C=C/[C@@H](O)C/C=C\CC)=C(\[2H])C/C([2H])=C([2H])\C=C\[C@@H](O)C/C=C\CCC.[2H]C(/C=C/[C@@H](O)C/C=C\CC)=C(\[2H])C/C([2H])=C([2H])\C=C\[C@@H](O)C/C=C\CCC. The standard InChI is InChI=1S/2C22H34O2/c2*1-3-5-7-14-18-22(24)20-16-12-10-8-9-11-15-19-21(23)17-13-6-4-2/h2*6-7,9-16,19-24H,3-5,8,17-18H2,1-2H3/b2*11-9-,12-10-,13-6-,14-7-,19-15+,20-16+/t2*21-,22-/m00/s1/i2*9D,10D,11D,12D. The topological polar surface area (TPSA) is 80.9 Å². The van der Waals surface area contributed by atoms with Gasteiger partial charge in [-0.15, -0.1) is 0 Å². The van der Waals surface area contributed by atoms with Crippen molar-refractivity contribution in [2.45, 2.75) is 129 Å². The Morgan fingerprint density at radius 3 is 0.938 bits per heavy atom. The van der Waals surface area contributed by atoms with Crippen LogP contribution >= 0.6 is 0 Å². The second-order valence-corrected chi connectivity index (χ2v) is 10.6. The molecule has 0 aromatic carbocycles. The molecule has 0 aliphatic carbocycles. The van der Waals surface area contributed by atoms with Crippen LogP contribution in [0.4, 0.5) is 0 Å². The molecule has 0 heterocycles. The first-order valence-corrected chi connectivity index (χ1v) is 17.3. The lowest BCUT2D eigenvalue weighted by molar-refractivity contribution is 0.226. The third kappa shape index (κ3) is 40.7. The number of hydrogen-bond acceptors (Lipinski definition) is 4. The molecule has 0 fully saturated rings. The molecule has 268 valence electrons. The van der Waals surface area contributed by atoms with Gasteiger partial charge < -0.3 is 20.4 Å². The Morgan fingerprint density at radius 1 is 0.417 bits per heavy atom. The molecular formula is C44H68O4. The molecule has 48 heavy (non-hydrogen) atoms. The first-order chi connectivity index (χ1) is 26.6. The predicted molar refractivity (Wildman–Crippen MR) is 212 cm³/mol. The summed E-state index contributed by atoms with van der Waals surface area (Å²) in [7, 11) is 0. The van der Waals surface area contributed by atoms with Crippen molar-refractivity contribution in [1.29, 1.82) is 0 Å². The van der Waals surface area contributed by atoms with Gasteiger partial charge in [-0.2, -0.15) is 0 Å². The van der Waals surface area contributed by atoms with E-state index in [0.29, 0.717) is 25.7 Å². The Bertz CT molecular complexity index is 1340. The minimum Gasteiger partial charge on any atom is -0.389 e. The largest absolute Gasteiger partial charge is 0.389 e. The molecule has 0 saturated carbocycles. The lowest BCUT2D eigenvalue weighted by Gasteiger charge is -1.98. The summed E-state index contributed by atoms with van der Waals surface area (Å²) in [4.78, 5) is 0. The van der Waals surface area contributed by atoms with Gasteiger partial charge in [0, 0.05) is 0 Å². The summed E-state index contributed by atoms with van der Waals surface area (Å²) in [5.74, 6) is 0. The van der Waals surface area contributed by atoms with Gasteiger partial charge in [0.25, 0.3) is 0 Å². The highest BCUT2D eigenvalue weighted by molar-refractivity contribution is 5.12. The van der Waals surface area contributed by atoms with E-state index in [2.05, 4.69) is 13.8 Å². The van der Waals surface area contributed by atoms with Crippen LogP contribution in [0.25, 0.3) is 0 Å². The smallest absolute Gasteiger partial charge is 0.0758 e. The van der Waals surface area contributed by atoms with Crippen molar-refractivity contribution in [3.63, 3.8) is 0 Å². The number of rotatable bonds is 26. The lowest BCUT2D eigenvalue weighted by Crippen LogP contribution is -1.98. The molecule has 0 aliphatic rings. The van der Waals surface area contributed by atoms with Crippen LogP contribution in [0.2, 0.25) is 0 Å². The lowest BCUT2D eigenvalue weighted by atomic mass is 10.2. The van der Waals surface area contributed by atoms with Crippen LogP contribution in [0.15, 0.2) is 146 Å². The summed E-state index contributed by atoms with van der Waals surface area (Å²) in [6.07, 6.45) is 31.1. The maximum Gasteiger partial charge on any atom is 0.0758 e. The second-order valence-electron chi connectivity index (χ2n) is 10.6. The molecule has 0 bridgehead atoms. The van der Waals surface area contributed by atoms with Gasteiger partial charge in [-0.1, -0.05) is 186 Å². The van der Waals surface area contributed by atoms with Crippen molar-refractivity contribution in [2.24, 2.45) is 0 Å². The summed E-state index contributed by atoms with van der Waals surface area (Å²) in [5.41, 5.74) is 0. The highest BCUT2D eigenvalue weighted by atomic mass is 16.3. The molecule has 0 aromatic heterocycles. The van der Waals surface area contributed by atoms with E-state index in [1.807, 2.05) is 62.5 Å². The first kappa shape index (κ1) is 33.2. The van der Waals surface area contributed by atoms with Gasteiger partial charge in [0.1, 0.15) is 0 Å². The molecule has 0 spiro atoms. The summed E-state index contributed by atoms with van der Waals surface area (Å²) >= 11 is 0. The molecule has 4 atom stereocenters. The van der Waals surface area contributed by atoms with Gasteiger partial charge in [-0.3, -0.25) is 0 Å². The fourth-order valence-electron chi connectivity index (χ4n) is 3.32. The number of unbranched alkanes of at least 4 members (excludes halogenated alkanes) is 2. The summed E-state index contributed by atoms with van der Waals surface area (Å²) < 4.78 is 63.0. The number of allylic oxidation sites excluding steroid dienone is 16. The van der Waals surface area contributed by atoms with Gasteiger partial charge in [0.05, 0.1) is 35.4 Å². The monoisotopic (exact) mass is 669 g/mol. The minimum atomic E-state index is -0.718. The van der Waals surface area contributed by atoms with Crippen LogP contribution < -0.4 is 0 Å². The van der Waals surface area contributed by atoms with E-state index in [9.17, 15) is 20.4 Å². The number of aliphatic hydroxyl groups is 4. The van der Waals surface area contributed by atoms with Crippen molar-refractivity contribution in [2.75, 3.05) is 0 Å². The van der Waals surface area contributed by atoms with E-state index in [0.717, 1.165) is 38.5 Å². The van der Waals surface area contributed by atoms with Crippen LogP contribution in [0.3, 0.4) is 0 Å². The van der Waals surface area contributed by atoms with Crippen LogP contribution in [0.5, 0.6) is 0 Å². The molecule has 4 nitrogen and oxygen atoms in total. The number of aliphatic hydroxyl groups excluding tert-OH is 4. The first-order valence-electron chi connectivity index (χ1n) is 21.3. The average Bonchev–Trinajstić information content (AvgIpc) is 3.17. The molecule has 0 amide bonds. The maximum absolute atomic E-state index is 9.83. The van der Waals surface area contributed by atoms with Crippen LogP contribution in [-0.2, 0) is 0 Å². The van der Waals surface area contributed by atoms with E-state index in [1.54, 1.807) is 0 Å². The van der Waals surface area contributed by atoms with Gasteiger partial charge in [0.15, 0.2) is 0 Å². The van der Waals surface area contributed by atoms with E-state index in [1.165, 1.54) is 48.6 Å². The highest BCUT2D eigenvalue weighted by Crippen LogP contribution is 2.01.